The van der Waals surface area contributed by atoms with Gasteiger partial charge < -0.3 is 10.6 Å². The van der Waals surface area contributed by atoms with Crippen molar-refractivity contribution in [3.63, 3.8) is 0 Å². The molecule has 2 aromatic rings. The molecular formula is C21H25N7. The summed E-state index contributed by atoms with van der Waals surface area (Å²) < 4.78 is 0. The number of nitrogens with zero attached hydrogens (tertiary/aromatic N) is 6. The second-order valence-electron chi connectivity index (χ2n) is 8.16. The Labute approximate surface area is 165 Å². The summed E-state index contributed by atoms with van der Waals surface area (Å²) in [5.41, 5.74) is 10.6. The molecule has 0 spiro atoms. The molecule has 144 valence electrons. The highest BCUT2D eigenvalue weighted by Gasteiger charge is 2.41. The number of nitriles is 1. The molecule has 0 amide bonds. The van der Waals surface area contributed by atoms with E-state index < -0.39 is 0 Å². The lowest BCUT2D eigenvalue weighted by molar-refractivity contribution is 0.222. The number of aromatic nitrogens is 3. The van der Waals surface area contributed by atoms with Gasteiger partial charge in [-0.1, -0.05) is 0 Å². The first-order chi connectivity index (χ1) is 13.7. The highest BCUT2D eigenvalue weighted by Crippen LogP contribution is 2.47. The predicted octanol–water partition coefficient (Wildman–Crippen LogP) is 2.67. The fourth-order valence-corrected chi connectivity index (χ4v) is 5.13. The zero-order chi connectivity index (χ0) is 19.3. The number of hydrogen-bond acceptors (Lipinski definition) is 7. The normalized spacial score (nSPS) is 24.1. The average Bonchev–Trinajstić information content (AvgIpc) is 2.96. The summed E-state index contributed by atoms with van der Waals surface area (Å²) in [7, 11) is 2.17. The van der Waals surface area contributed by atoms with E-state index in [2.05, 4.69) is 37.9 Å². The average molecular weight is 375 g/mol. The molecule has 28 heavy (non-hydrogen) atoms. The Morgan fingerprint density at radius 2 is 1.89 bits per heavy atom. The van der Waals surface area contributed by atoms with E-state index in [1.54, 1.807) is 0 Å². The number of pyridine rings is 1. The van der Waals surface area contributed by atoms with E-state index in [9.17, 15) is 5.26 Å². The molecule has 2 fully saturated rings. The zero-order valence-corrected chi connectivity index (χ0v) is 16.2. The molecular weight excluding hydrogens is 350 g/mol. The first kappa shape index (κ1) is 17.4. The third-order valence-electron chi connectivity index (χ3n) is 6.62. The van der Waals surface area contributed by atoms with Crippen molar-refractivity contribution in [2.45, 2.75) is 50.6 Å². The molecule has 0 aliphatic carbocycles. The molecule has 5 rings (SSSR count). The van der Waals surface area contributed by atoms with Gasteiger partial charge in [0.1, 0.15) is 17.5 Å². The van der Waals surface area contributed by atoms with E-state index in [1.807, 2.05) is 12.4 Å². The topological polar surface area (TPSA) is 95.0 Å². The van der Waals surface area contributed by atoms with Gasteiger partial charge in [0.05, 0.1) is 0 Å². The van der Waals surface area contributed by atoms with Gasteiger partial charge in [-0.15, -0.1) is 0 Å². The van der Waals surface area contributed by atoms with Crippen molar-refractivity contribution in [2.24, 2.45) is 0 Å². The van der Waals surface area contributed by atoms with Crippen LogP contribution in [0, 0.1) is 11.3 Å². The van der Waals surface area contributed by atoms with Crippen LogP contribution >= 0.6 is 0 Å². The van der Waals surface area contributed by atoms with Crippen LogP contribution in [-0.4, -0.2) is 46.0 Å². The highest BCUT2D eigenvalue weighted by atomic mass is 15.2. The molecule has 0 aromatic carbocycles. The number of likely N-dealkylation sites (N-methyl/N-ethyl adjacent to an activating group) is 1. The van der Waals surface area contributed by atoms with Crippen LogP contribution in [0.25, 0.3) is 11.1 Å². The molecule has 2 N–H and O–H groups in total. The van der Waals surface area contributed by atoms with E-state index in [-0.39, 0.29) is 6.04 Å². The largest absolute Gasteiger partial charge is 0.383 e. The smallest absolute Gasteiger partial charge is 0.225 e. The predicted molar refractivity (Wildman–Crippen MR) is 108 cm³/mol. The number of nitrogen functional groups attached to an aromatic ring is 1. The van der Waals surface area contributed by atoms with E-state index in [0.717, 1.165) is 60.7 Å². The van der Waals surface area contributed by atoms with Crippen LogP contribution in [0.1, 0.15) is 55.0 Å². The first-order valence-corrected chi connectivity index (χ1v) is 10.2. The molecule has 0 unspecified atom stereocenters. The minimum atomic E-state index is 0.283. The van der Waals surface area contributed by atoms with Gasteiger partial charge in [0.25, 0.3) is 0 Å². The minimum absolute atomic E-state index is 0.283. The van der Waals surface area contributed by atoms with Gasteiger partial charge in [-0.3, -0.25) is 4.90 Å². The first-order valence-electron chi connectivity index (χ1n) is 10.2. The summed E-state index contributed by atoms with van der Waals surface area (Å²) >= 11 is 0. The van der Waals surface area contributed by atoms with Crippen LogP contribution in [0.5, 0.6) is 0 Å². The maximum Gasteiger partial charge on any atom is 0.225 e. The molecule has 5 heterocycles. The number of nitrogens with two attached hydrogens (primary N) is 1. The Kier molecular flexibility index (Phi) is 4.17. The molecule has 7 nitrogen and oxygen atoms in total. The summed E-state index contributed by atoms with van der Waals surface area (Å²) in [5, 5.41) is 9.82. The van der Waals surface area contributed by atoms with E-state index in [4.69, 9.17) is 5.73 Å². The van der Waals surface area contributed by atoms with Gasteiger partial charge in [-0.2, -0.15) is 5.26 Å². The highest BCUT2D eigenvalue weighted by molar-refractivity contribution is 5.79. The van der Waals surface area contributed by atoms with Crippen molar-refractivity contribution in [1.29, 1.82) is 5.26 Å². The molecule has 7 heteroatoms. The van der Waals surface area contributed by atoms with Crippen molar-refractivity contribution in [3.05, 3.63) is 29.2 Å². The summed E-state index contributed by atoms with van der Waals surface area (Å²) in [4.78, 5) is 18.6. The summed E-state index contributed by atoms with van der Waals surface area (Å²) in [6.45, 7) is 2.02. The van der Waals surface area contributed by atoms with Crippen LogP contribution < -0.4 is 10.6 Å². The Balaban J connectivity index is 1.62. The number of anilines is 2. The molecule has 0 saturated carbocycles. The summed E-state index contributed by atoms with van der Waals surface area (Å²) in [6, 6.07) is 3.09. The van der Waals surface area contributed by atoms with Crippen LogP contribution in [0.3, 0.4) is 0 Å². The molecule has 0 radical (unpaired) electrons. The van der Waals surface area contributed by atoms with Crippen molar-refractivity contribution in [3.8, 4) is 17.2 Å². The molecule has 2 atom stereocenters. The van der Waals surface area contributed by atoms with Crippen LogP contribution in [0.2, 0.25) is 0 Å². The van der Waals surface area contributed by atoms with Gasteiger partial charge in [0.2, 0.25) is 5.95 Å². The third kappa shape index (κ3) is 2.63. The fourth-order valence-electron chi connectivity index (χ4n) is 5.13. The van der Waals surface area contributed by atoms with Gasteiger partial charge in [-0.05, 0) is 39.2 Å². The lowest BCUT2D eigenvalue weighted by atomic mass is 9.88. The maximum absolute atomic E-state index is 9.82. The van der Waals surface area contributed by atoms with Crippen molar-refractivity contribution >= 4 is 11.8 Å². The standard InChI is InChI=1S/C21H25N7/c1-27-14-5-6-17(27)19-16(9-14)26-20(23)15(10-22)18(19)13-11-24-21(25-12-13)28-7-3-2-4-8-28/h11-12,14,17H,2-9H2,1H3,(H2,23,26)/t14-,17+/m0/s1. The number of hydrogen-bond donors (Lipinski definition) is 1. The van der Waals surface area contributed by atoms with Crippen molar-refractivity contribution in [1.82, 2.24) is 19.9 Å². The van der Waals surface area contributed by atoms with Gasteiger partial charge in [0.15, 0.2) is 0 Å². The van der Waals surface area contributed by atoms with Crippen LogP contribution in [0.4, 0.5) is 11.8 Å². The SMILES string of the molecule is CN1[C@H]2CC[C@@H]1c1c(nc(N)c(C#N)c1-c1cnc(N3CCCCC3)nc1)C2. The molecule has 2 bridgehead atoms. The fraction of sp³-hybridized carbons (Fsp3) is 0.524. The number of rotatable bonds is 2. The zero-order valence-electron chi connectivity index (χ0n) is 16.2. The quantitative estimate of drug-likeness (QED) is 0.862. The number of piperidine rings is 1. The maximum atomic E-state index is 9.82. The Bertz CT molecular complexity index is 941. The second kappa shape index (κ2) is 6.71. The Morgan fingerprint density at radius 1 is 1.14 bits per heavy atom. The lowest BCUT2D eigenvalue weighted by Crippen LogP contribution is -2.35. The minimum Gasteiger partial charge on any atom is -0.383 e. The monoisotopic (exact) mass is 375 g/mol. The molecule has 2 aromatic heterocycles. The lowest BCUT2D eigenvalue weighted by Gasteiger charge is -2.34. The summed E-state index contributed by atoms with van der Waals surface area (Å²) in [6.07, 6.45) is 10.5. The third-order valence-corrected chi connectivity index (χ3v) is 6.62. The molecule has 3 aliphatic heterocycles. The van der Waals surface area contributed by atoms with Crippen LogP contribution in [0.15, 0.2) is 12.4 Å². The Morgan fingerprint density at radius 3 is 2.61 bits per heavy atom. The van der Waals surface area contributed by atoms with Gasteiger partial charge in [-0.25, -0.2) is 15.0 Å². The summed E-state index contributed by atoms with van der Waals surface area (Å²) in [5.74, 6) is 1.09. The molecule has 3 aliphatic rings. The van der Waals surface area contributed by atoms with E-state index in [0.29, 0.717) is 17.4 Å². The second-order valence-corrected chi connectivity index (χ2v) is 8.16. The number of fused-ring (bicyclic) bond motifs is 4. The van der Waals surface area contributed by atoms with Gasteiger partial charge in [0, 0.05) is 66.4 Å². The van der Waals surface area contributed by atoms with E-state index in [1.165, 1.54) is 19.3 Å². The Hall–Kier alpha value is -2.72. The van der Waals surface area contributed by atoms with E-state index >= 15 is 0 Å². The van der Waals surface area contributed by atoms with Gasteiger partial charge >= 0.3 is 0 Å². The van der Waals surface area contributed by atoms with Crippen molar-refractivity contribution in [2.75, 3.05) is 30.8 Å². The van der Waals surface area contributed by atoms with Crippen molar-refractivity contribution < 1.29 is 0 Å². The van der Waals surface area contributed by atoms with Crippen LogP contribution in [-0.2, 0) is 6.42 Å². The molecule has 2 saturated heterocycles.